The molecule has 30 heavy (non-hydrogen) atoms. The number of nitrogens with one attached hydrogen (secondary N) is 1. The maximum Gasteiger partial charge on any atom is 0.223 e. The summed E-state index contributed by atoms with van der Waals surface area (Å²) in [7, 11) is -3.19. The van der Waals surface area contributed by atoms with Crippen LogP contribution in [0.5, 0.6) is 0 Å². The van der Waals surface area contributed by atoms with E-state index < -0.39 is 9.84 Å². The molecule has 3 rings (SSSR count). The number of aromatic nitrogens is 1. The molecule has 3 aromatic rings. The molecule has 0 aliphatic rings. The van der Waals surface area contributed by atoms with Gasteiger partial charge in [0.05, 0.1) is 10.6 Å². The van der Waals surface area contributed by atoms with E-state index in [1.165, 1.54) is 30.1 Å². The molecule has 0 saturated heterocycles. The Labute approximate surface area is 181 Å². The van der Waals surface area contributed by atoms with Crippen molar-refractivity contribution < 1.29 is 13.2 Å². The highest BCUT2D eigenvalue weighted by Crippen LogP contribution is 2.26. The van der Waals surface area contributed by atoms with Gasteiger partial charge in [-0.05, 0) is 61.1 Å². The largest absolute Gasteiger partial charge is 0.399 e. The predicted molar refractivity (Wildman–Crippen MR) is 122 cm³/mol. The van der Waals surface area contributed by atoms with Crippen molar-refractivity contribution in [3.63, 3.8) is 0 Å². The summed E-state index contributed by atoms with van der Waals surface area (Å²) in [5.41, 5.74) is 9.71. The molecule has 158 valence electrons. The summed E-state index contributed by atoms with van der Waals surface area (Å²) in [6, 6.07) is 14.8. The zero-order chi connectivity index (χ0) is 21.7. The van der Waals surface area contributed by atoms with Crippen LogP contribution in [0.15, 0.2) is 53.4 Å². The van der Waals surface area contributed by atoms with Crippen LogP contribution in [0.1, 0.15) is 28.6 Å². The Morgan fingerprint density at radius 1 is 0.967 bits per heavy atom. The van der Waals surface area contributed by atoms with Gasteiger partial charge in [0.25, 0.3) is 0 Å². The van der Waals surface area contributed by atoms with Crippen LogP contribution in [0.3, 0.4) is 0 Å². The third-order valence-corrected chi connectivity index (χ3v) is 6.88. The highest BCUT2D eigenvalue weighted by Gasteiger charge is 2.13. The second-order valence-corrected chi connectivity index (χ2v) is 10.3. The van der Waals surface area contributed by atoms with Crippen LogP contribution in [0.25, 0.3) is 0 Å². The number of hydrogen-bond donors (Lipinski definition) is 2. The van der Waals surface area contributed by atoms with E-state index in [2.05, 4.69) is 10.3 Å². The number of sulfone groups is 1. The molecule has 0 bridgehead atoms. The minimum atomic E-state index is -3.19. The quantitative estimate of drug-likeness (QED) is 0.517. The number of benzene rings is 2. The van der Waals surface area contributed by atoms with Crippen molar-refractivity contribution in [2.75, 3.05) is 17.3 Å². The van der Waals surface area contributed by atoms with Crippen molar-refractivity contribution in [1.82, 2.24) is 4.98 Å². The number of carbonyl (C=O) groups is 1. The van der Waals surface area contributed by atoms with Crippen LogP contribution >= 0.6 is 11.3 Å². The zero-order valence-electron chi connectivity index (χ0n) is 17.0. The van der Waals surface area contributed by atoms with E-state index in [1.54, 1.807) is 12.1 Å². The molecule has 2 aromatic carbocycles. The van der Waals surface area contributed by atoms with Gasteiger partial charge in [0.15, 0.2) is 15.0 Å². The first-order chi connectivity index (χ1) is 14.2. The number of nitrogen functional groups attached to an aromatic ring is 1. The number of amides is 1. The van der Waals surface area contributed by atoms with E-state index in [0.717, 1.165) is 47.5 Å². The number of nitrogens with zero attached hydrogens (tertiary/aromatic N) is 1. The van der Waals surface area contributed by atoms with E-state index in [4.69, 9.17) is 5.73 Å². The van der Waals surface area contributed by atoms with E-state index in [-0.39, 0.29) is 5.91 Å². The molecule has 1 aromatic heterocycles. The maximum atomic E-state index is 11.6. The molecule has 3 N–H and O–H groups in total. The van der Waals surface area contributed by atoms with Gasteiger partial charge in [-0.2, -0.15) is 0 Å². The van der Waals surface area contributed by atoms with Gasteiger partial charge in [-0.3, -0.25) is 4.79 Å². The highest BCUT2D eigenvalue weighted by atomic mass is 32.2. The third kappa shape index (κ3) is 6.14. The van der Waals surface area contributed by atoms with Crippen molar-refractivity contribution in [3.05, 3.63) is 70.2 Å². The number of aryl methyl sites for hydroxylation is 4. The summed E-state index contributed by atoms with van der Waals surface area (Å²) < 4.78 is 23.2. The standard InChI is InChI=1S/C22H25N3O3S2/c1-15(26)24-22-25-20(13-7-16-3-9-18(23)10-4-16)21(29-22)14-8-17-5-11-19(12-6-17)30(2,27)28/h3-6,9-12H,7-8,13-14,23H2,1-2H3,(H,24,25,26). The van der Waals surface area contributed by atoms with Crippen molar-refractivity contribution >= 4 is 37.9 Å². The summed E-state index contributed by atoms with van der Waals surface area (Å²) in [6.07, 6.45) is 4.34. The van der Waals surface area contributed by atoms with Crippen LogP contribution in [0.2, 0.25) is 0 Å². The van der Waals surface area contributed by atoms with Gasteiger partial charge in [0, 0.05) is 23.7 Å². The normalized spacial score (nSPS) is 11.4. The molecule has 1 amide bonds. The molecule has 0 unspecified atom stereocenters. The number of nitrogens with two attached hydrogens (primary N) is 1. The van der Waals surface area contributed by atoms with Gasteiger partial charge in [0.2, 0.25) is 5.91 Å². The number of anilines is 2. The first-order valence-corrected chi connectivity index (χ1v) is 12.3. The average Bonchev–Trinajstić information content (AvgIpc) is 3.06. The Morgan fingerprint density at radius 3 is 2.10 bits per heavy atom. The average molecular weight is 444 g/mol. The molecule has 0 atom stereocenters. The Hall–Kier alpha value is -2.71. The van der Waals surface area contributed by atoms with Crippen molar-refractivity contribution in [2.45, 2.75) is 37.5 Å². The van der Waals surface area contributed by atoms with Crippen LogP contribution in [0.4, 0.5) is 10.8 Å². The minimum absolute atomic E-state index is 0.142. The lowest BCUT2D eigenvalue weighted by Gasteiger charge is -2.05. The van der Waals surface area contributed by atoms with Gasteiger partial charge in [-0.1, -0.05) is 24.3 Å². The van der Waals surface area contributed by atoms with E-state index >= 15 is 0 Å². The van der Waals surface area contributed by atoms with Gasteiger partial charge >= 0.3 is 0 Å². The first-order valence-electron chi connectivity index (χ1n) is 9.60. The highest BCUT2D eigenvalue weighted by molar-refractivity contribution is 7.90. The van der Waals surface area contributed by atoms with Gasteiger partial charge < -0.3 is 11.1 Å². The lowest BCUT2D eigenvalue weighted by Crippen LogP contribution is -2.05. The van der Waals surface area contributed by atoms with Crippen LogP contribution in [-0.2, 0) is 40.3 Å². The number of hydrogen-bond acceptors (Lipinski definition) is 6. The molecular weight excluding hydrogens is 418 g/mol. The van der Waals surface area contributed by atoms with Crippen molar-refractivity contribution in [1.29, 1.82) is 0 Å². The van der Waals surface area contributed by atoms with E-state index in [1.807, 2.05) is 36.4 Å². The molecule has 0 aliphatic heterocycles. The second-order valence-electron chi connectivity index (χ2n) is 7.23. The van der Waals surface area contributed by atoms with Gasteiger partial charge in [0.1, 0.15) is 0 Å². The first kappa shape index (κ1) is 22.0. The monoisotopic (exact) mass is 443 g/mol. The Balaban J connectivity index is 1.72. The van der Waals surface area contributed by atoms with Gasteiger partial charge in [-0.15, -0.1) is 11.3 Å². The molecule has 0 fully saturated rings. The van der Waals surface area contributed by atoms with Crippen molar-refractivity contribution in [3.8, 4) is 0 Å². The summed E-state index contributed by atoms with van der Waals surface area (Å²) in [5, 5.41) is 3.39. The number of rotatable bonds is 8. The zero-order valence-corrected chi connectivity index (χ0v) is 18.6. The second kappa shape index (κ2) is 9.40. The molecule has 0 spiro atoms. The summed E-state index contributed by atoms with van der Waals surface area (Å²) in [4.78, 5) is 17.5. The maximum absolute atomic E-state index is 11.6. The molecule has 0 radical (unpaired) electrons. The van der Waals surface area contributed by atoms with Gasteiger partial charge in [-0.25, -0.2) is 13.4 Å². The molecule has 0 aliphatic carbocycles. The SMILES string of the molecule is CC(=O)Nc1nc(CCc2ccc(N)cc2)c(CCc2ccc(S(C)(=O)=O)cc2)s1. The summed E-state index contributed by atoms with van der Waals surface area (Å²) in [6.45, 7) is 1.47. The fourth-order valence-electron chi connectivity index (χ4n) is 3.09. The Kier molecular flexibility index (Phi) is 6.89. The third-order valence-electron chi connectivity index (χ3n) is 4.68. The Morgan fingerprint density at radius 2 is 1.53 bits per heavy atom. The molecule has 8 heteroatoms. The molecule has 1 heterocycles. The van der Waals surface area contributed by atoms with E-state index in [0.29, 0.717) is 10.0 Å². The number of thiazole rings is 1. The summed E-state index contributed by atoms with van der Waals surface area (Å²) >= 11 is 1.49. The molecule has 0 saturated carbocycles. The fraction of sp³-hybridized carbons (Fsp3) is 0.273. The lowest BCUT2D eigenvalue weighted by atomic mass is 10.0. The number of carbonyl (C=O) groups excluding carboxylic acids is 1. The lowest BCUT2D eigenvalue weighted by molar-refractivity contribution is -0.114. The Bertz CT molecular complexity index is 1120. The molecule has 6 nitrogen and oxygen atoms in total. The van der Waals surface area contributed by atoms with Crippen LogP contribution < -0.4 is 11.1 Å². The summed E-state index contributed by atoms with van der Waals surface area (Å²) in [5.74, 6) is -0.142. The van der Waals surface area contributed by atoms with Crippen LogP contribution in [0, 0.1) is 0 Å². The molecular formula is C22H25N3O3S2. The fourth-order valence-corrected chi connectivity index (χ4v) is 4.77. The van der Waals surface area contributed by atoms with E-state index in [9.17, 15) is 13.2 Å². The van der Waals surface area contributed by atoms with Crippen LogP contribution in [-0.4, -0.2) is 25.6 Å². The van der Waals surface area contributed by atoms with Crippen molar-refractivity contribution in [2.24, 2.45) is 0 Å². The minimum Gasteiger partial charge on any atom is -0.399 e. The predicted octanol–water partition coefficient (Wildman–Crippen LogP) is 3.66. The topological polar surface area (TPSA) is 102 Å². The smallest absolute Gasteiger partial charge is 0.223 e.